The molecule has 1 aromatic carbocycles. The Morgan fingerprint density at radius 1 is 1.12 bits per heavy atom. The number of fused-ring (bicyclic) bond motifs is 1. The van der Waals surface area contributed by atoms with Crippen LogP contribution in [-0.4, -0.2) is 76.8 Å². The van der Waals surface area contributed by atoms with Gasteiger partial charge in [0.15, 0.2) is 5.82 Å². The summed E-state index contributed by atoms with van der Waals surface area (Å²) in [7, 11) is 0. The normalized spacial score (nSPS) is 14.2. The highest BCUT2D eigenvalue weighted by Gasteiger charge is 2.26. The number of hydrogen-bond acceptors (Lipinski definition) is 6. The predicted octanol–water partition coefficient (Wildman–Crippen LogP) is 3.34. The van der Waals surface area contributed by atoms with Crippen molar-refractivity contribution in [3.05, 3.63) is 40.7 Å². The van der Waals surface area contributed by atoms with Gasteiger partial charge in [-0.15, -0.1) is 5.10 Å². The molecule has 0 aliphatic carbocycles. The number of nitrogens with zero attached hydrogens (tertiary/aromatic N) is 6. The van der Waals surface area contributed by atoms with Crippen LogP contribution in [0.5, 0.6) is 0 Å². The van der Waals surface area contributed by atoms with E-state index in [-0.39, 0.29) is 6.03 Å². The minimum Gasteiger partial charge on any atom is -0.382 e. The van der Waals surface area contributed by atoms with Crippen molar-refractivity contribution in [2.45, 2.75) is 27.2 Å². The average Bonchev–Trinajstić information content (AvgIpc) is 3.17. The van der Waals surface area contributed by atoms with Gasteiger partial charge in [-0.1, -0.05) is 11.6 Å². The molecule has 3 heterocycles. The number of nitrogens with one attached hydrogen (secondary N) is 1. The van der Waals surface area contributed by atoms with Crippen LogP contribution in [0.3, 0.4) is 0 Å². The van der Waals surface area contributed by atoms with Crippen LogP contribution in [-0.2, 0) is 4.74 Å². The zero-order chi connectivity index (χ0) is 23.4. The molecule has 0 atom stereocenters. The molecule has 9 nitrogen and oxygen atoms in total. The second kappa shape index (κ2) is 10.4. The van der Waals surface area contributed by atoms with E-state index in [1.165, 1.54) is 0 Å². The van der Waals surface area contributed by atoms with Gasteiger partial charge in [0.1, 0.15) is 5.52 Å². The van der Waals surface area contributed by atoms with Gasteiger partial charge in [-0.3, -0.25) is 0 Å². The average molecular weight is 472 g/mol. The van der Waals surface area contributed by atoms with Gasteiger partial charge in [-0.2, -0.15) is 10.2 Å². The molecule has 0 spiro atoms. The number of rotatable bonds is 7. The molecule has 33 heavy (non-hydrogen) atoms. The first-order chi connectivity index (χ1) is 16.0. The van der Waals surface area contributed by atoms with Crippen molar-refractivity contribution in [3.8, 4) is 5.69 Å². The van der Waals surface area contributed by atoms with Crippen LogP contribution in [0, 0.1) is 13.8 Å². The molecule has 1 aliphatic rings. The molecular formula is C23H30ClN7O2. The number of carbonyl (C=O) groups is 1. The van der Waals surface area contributed by atoms with Crippen molar-refractivity contribution >= 4 is 34.4 Å². The maximum atomic E-state index is 12.5. The highest BCUT2D eigenvalue weighted by atomic mass is 35.5. The van der Waals surface area contributed by atoms with E-state index < -0.39 is 0 Å². The van der Waals surface area contributed by atoms with Crippen LogP contribution in [0.2, 0.25) is 5.02 Å². The van der Waals surface area contributed by atoms with E-state index in [0.717, 1.165) is 40.2 Å². The number of halogens is 1. The summed E-state index contributed by atoms with van der Waals surface area (Å²) in [4.78, 5) is 16.5. The standard InChI is InChI=1S/C23H30ClN7O2/c1-4-33-15-5-10-25-23(32)30-13-11-29(12-14-30)22-21-20(16(2)26-27-22)17(3)31(28-21)19-8-6-18(24)7-9-19/h6-9H,4-5,10-15H2,1-3H3,(H,25,32). The van der Waals surface area contributed by atoms with Crippen molar-refractivity contribution in [2.75, 3.05) is 50.8 Å². The lowest BCUT2D eigenvalue weighted by Crippen LogP contribution is -2.52. The Kier molecular flexibility index (Phi) is 7.29. The monoisotopic (exact) mass is 471 g/mol. The number of ether oxygens (including phenoxy) is 1. The van der Waals surface area contributed by atoms with Crippen LogP contribution < -0.4 is 10.2 Å². The van der Waals surface area contributed by atoms with Gasteiger partial charge in [0.25, 0.3) is 0 Å². The van der Waals surface area contributed by atoms with Gasteiger partial charge >= 0.3 is 6.03 Å². The molecule has 1 N–H and O–H groups in total. The molecular weight excluding hydrogens is 442 g/mol. The smallest absolute Gasteiger partial charge is 0.317 e. The Morgan fingerprint density at radius 3 is 2.55 bits per heavy atom. The number of aromatic nitrogens is 4. The summed E-state index contributed by atoms with van der Waals surface area (Å²) in [5, 5.41) is 18.5. The van der Waals surface area contributed by atoms with E-state index in [0.29, 0.717) is 51.0 Å². The number of anilines is 1. The van der Waals surface area contributed by atoms with E-state index >= 15 is 0 Å². The molecule has 10 heteroatoms. The Hall–Kier alpha value is -2.91. The second-order valence-electron chi connectivity index (χ2n) is 8.06. The molecule has 3 aromatic rings. The van der Waals surface area contributed by atoms with Gasteiger partial charge < -0.3 is 19.9 Å². The lowest BCUT2D eigenvalue weighted by molar-refractivity contribution is 0.143. The summed E-state index contributed by atoms with van der Waals surface area (Å²) in [5.74, 6) is 0.753. The van der Waals surface area contributed by atoms with Crippen molar-refractivity contribution in [2.24, 2.45) is 0 Å². The number of hydrogen-bond donors (Lipinski definition) is 1. The largest absolute Gasteiger partial charge is 0.382 e. The van der Waals surface area contributed by atoms with E-state index in [4.69, 9.17) is 21.4 Å². The molecule has 4 rings (SSSR count). The zero-order valence-corrected chi connectivity index (χ0v) is 20.1. The molecule has 0 bridgehead atoms. The van der Waals surface area contributed by atoms with Gasteiger partial charge in [0.05, 0.1) is 22.5 Å². The Labute approximate surface area is 198 Å². The van der Waals surface area contributed by atoms with Crippen molar-refractivity contribution in [3.63, 3.8) is 0 Å². The molecule has 0 radical (unpaired) electrons. The maximum absolute atomic E-state index is 12.5. The maximum Gasteiger partial charge on any atom is 0.317 e. The summed E-state index contributed by atoms with van der Waals surface area (Å²) < 4.78 is 7.22. The number of carbonyl (C=O) groups excluding carboxylic acids is 1. The van der Waals surface area contributed by atoms with E-state index in [2.05, 4.69) is 20.4 Å². The SMILES string of the molecule is CCOCCCNC(=O)N1CCN(c2nnc(C)c3c(C)n(-c4ccc(Cl)cc4)nc23)CC1. The van der Waals surface area contributed by atoms with E-state index in [9.17, 15) is 4.79 Å². The summed E-state index contributed by atoms with van der Waals surface area (Å²) in [6.07, 6.45) is 0.812. The Balaban J connectivity index is 1.48. The summed E-state index contributed by atoms with van der Waals surface area (Å²) in [5.41, 5.74) is 3.61. The fraction of sp³-hybridized carbons (Fsp3) is 0.478. The topological polar surface area (TPSA) is 88.4 Å². The molecule has 0 unspecified atom stereocenters. The number of benzene rings is 1. The highest BCUT2D eigenvalue weighted by Crippen LogP contribution is 2.30. The van der Waals surface area contributed by atoms with Crippen LogP contribution in [0.1, 0.15) is 24.7 Å². The zero-order valence-electron chi connectivity index (χ0n) is 19.3. The van der Waals surface area contributed by atoms with Crippen LogP contribution in [0.4, 0.5) is 10.6 Å². The third kappa shape index (κ3) is 5.04. The van der Waals surface area contributed by atoms with Crippen molar-refractivity contribution in [1.29, 1.82) is 0 Å². The lowest BCUT2D eigenvalue weighted by atomic mass is 10.2. The minimum absolute atomic E-state index is 0.0332. The Bertz CT molecular complexity index is 1110. The van der Waals surface area contributed by atoms with Gasteiger partial charge in [-0.25, -0.2) is 9.48 Å². The first kappa shape index (κ1) is 23.3. The summed E-state index contributed by atoms with van der Waals surface area (Å²) in [6, 6.07) is 7.57. The Morgan fingerprint density at radius 2 is 1.85 bits per heavy atom. The molecule has 1 aliphatic heterocycles. The summed E-state index contributed by atoms with van der Waals surface area (Å²) >= 11 is 6.06. The predicted molar refractivity (Wildman–Crippen MR) is 129 cm³/mol. The third-order valence-electron chi connectivity index (χ3n) is 5.87. The first-order valence-corrected chi connectivity index (χ1v) is 11.7. The van der Waals surface area contributed by atoms with Gasteiger partial charge in [-0.05, 0) is 51.5 Å². The fourth-order valence-corrected chi connectivity index (χ4v) is 4.23. The molecule has 1 saturated heterocycles. The van der Waals surface area contributed by atoms with E-state index in [1.807, 2.05) is 54.6 Å². The molecule has 176 valence electrons. The molecule has 2 amide bonds. The fourth-order valence-electron chi connectivity index (χ4n) is 4.11. The number of piperazine rings is 1. The first-order valence-electron chi connectivity index (χ1n) is 11.3. The van der Waals surface area contributed by atoms with Crippen LogP contribution in [0.25, 0.3) is 16.6 Å². The number of urea groups is 1. The number of aryl methyl sites for hydroxylation is 2. The quantitative estimate of drug-likeness (QED) is 0.532. The molecule has 0 saturated carbocycles. The summed E-state index contributed by atoms with van der Waals surface area (Å²) in [6.45, 7) is 10.5. The van der Waals surface area contributed by atoms with Gasteiger partial charge in [0, 0.05) is 51.0 Å². The van der Waals surface area contributed by atoms with Crippen molar-refractivity contribution < 1.29 is 9.53 Å². The van der Waals surface area contributed by atoms with Crippen LogP contribution >= 0.6 is 11.6 Å². The highest BCUT2D eigenvalue weighted by molar-refractivity contribution is 6.30. The van der Waals surface area contributed by atoms with E-state index in [1.54, 1.807) is 0 Å². The minimum atomic E-state index is -0.0332. The molecule has 2 aromatic heterocycles. The lowest BCUT2D eigenvalue weighted by Gasteiger charge is -2.35. The second-order valence-corrected chi connectivity index (χ2v) is 8.50. The molecule has 1 fully saturated rings. The number of amides is 2. The van der Waals surface area contributed by atoms with Crippen molar-refractivity contribution in [1.82, 2.24) is 30.2 Å². The van der Waals surface area contributed by atoms with Crippen LogP contribution in [0.15, 0.2) is 24.3 Å². The van der Waals surface area contributed by atoms with Gasteiger partial charge in [0.2, 0.25) is 0 Å². The third-order valence-corrected chi connectivity index (χ3v) is 6.12.